The van der Waals surface area contributed by atoms with Gasteiger partial charge in [-0.05, 0) is 29.8 Å². The van der Waals surface area contributed by atoms with E-state index in [1.165, 1.54) is 23.2 Å². The van der Waals surface area contributed by atoms with Gasteiger partial charge in [0.05, 0.1) is 7.11 Å². The van der Waals surface area contributed by atoms with Crippen LogP contribution in [-0.4, -0.2) is 77.2 Å². The second kappa shape index (κ2) is 11.7. The molecular weight excluding hydrogens is 478 g/mol. The van der Waals surface area contributed by atoms with Crippen molar-refractivity contribution in [1.82, 2.24) is 19.7 Å². The van der Waals surface area contributed by atoms with Gasteiger partial charge in [-0.3, -0.25) is 14.4 Å². The Morgan fingerprint density at radius 2 is 1.67 bits per heavy atom. The van der Waals surface area contributed by atoms with Gasteiger partial charge >= 0.3 is 0 Å². The first kappa shape index (κ1) is 25.2. The van der Waals surface area contributed by atoms with Crippen LogP contribution in [0.5, 0.6) is 5.75 Å². The second-order valence-electron chi connectivity index (χ2n) is 8.43. The molecule has 0 atom stereocenters. The zero-order valence-electron chi connectivity index (χ0n) is 20.3. The van der Waals surface area contributed by atoms with Crippen LogP contribution >= 0.6 is 11.3 Å². The maximum atomic E-state index is 13.5. The molecule has 1 fully saturated rings. The summed E-state index contributed by atoms with van der Waals surface area (Å²) in [6, 6.07) is 17.0. The van der Waals surface area contributed by atoms with E-state index in [9.17, 15) is 14.4 Å². The van der Waals surface area contributed by atoms with Gasteiger partial charge in [-0.15, -0.1) is 11.3 Å². The molecule has 1 aliphatic heterocycles. The van der Waals surface area contributed by atoms with Crippen molar-refractivity contribution in [3.05, 3.63) is 71.2 Å². The van der Waals surface area contributed by atoms with E-state index < -0.39 is 0 Å². The second-order valence-corrected chi connectivity index (χ2v) is 9.28. The highest BCUT2D eigenvalue weighted by molar-refractivity contribution is 7.14. The van der Waals surface area contributed by atoms with Gasteiger partial charge < -0.3 is 24.8 Å². The van der Waals surface area contributed by atoms with Crippen molar-refractivity contribution >= 4 is 39.9 Å². The number of nitrogens with one attached hydrogen (secondary N) is 1. The number of hydrogen-bond acceptors (Lipinski definition) is 7. The van der Waals surface area contributed by atoms with Gasteiger partial charge in [-0.2, -0.15) is 0 Å². The number of benzene rings is 2. The standard InChI is InChI=1S/C26H29N5O4S/c1-19(32)29-12-14-30(15-13-29)24(33)17-31(16-20-6-4-3-5-7-20)25(34)23-18-36-26(28-23)27-21-8-10-22(35-2)11-9-21/h3-11,18H,12-17H2,1-2H3,(H,27,28). The highest BCUT2D eigenvalue weighted by Crippen LogP contribution is 2.24. The molecule has 3 amide bonds. The summed E-state index contributed by atoms with van der Waals surface area (Å²) < 4.78 is 5.18. The summed E-state index contributed by atoms with van der Waals surface area (Å²) in [4.78, 5) is 47.6. The van der Waals surface area contributed by atoms with Gasteiger partial charge in [0.25, 0.3) is 5.91 Å². The Hall–Kier alpha value is -3.92. The molecule has 1 aliphatic rings. The molecule has 9 nitrogen and oxygen atoms in total. The van der Waals surface area contributed by atoms with E-state index in [-0.39, 0.29) is 36.5 Å². The lowest BCUT2D eigenvalue weighted by molar-refractivity contribution is -0.138. The summed E-state index contributed by atoms with van der Waals surface area (Å²) >= 11 is 1.32. The van der Waals surface area contributed by atoms with E-state index in [1.54, 1.807) is 22.3 Å². The number of thiazole rings is 1. The molecule has 0 bridgehead atoms. The highest BCUT2D eigenvalue weighted by Gasteiger charge is 2.27. The summed E-state index contributed by atoms with van der Waals surface area (Å²) in [6.07, 6.45) is 0. The van der Waals surface area contributed by atoms with Crippen molar-refractivity contribution in [1.29, 1.82) is 0 Å². The average molecular weight is 508 g/mol. The molecule has 188 valence electrons. The molecule has 1 N–H and O–H groups in total. The molecule has 0 saturated carbocycles. The molecule has 4 rings (SSSR count). The summed E-state index contributed by atoms with van der Waals surface area (Å²) in [5, 5.41) is 5.47. The van der Waals surface area contributed by atoms with Gasteiger partial charge in [0, 0.05) is 50.7 Å². The van der Waals surface area contributed by atoms with Crippen LogP contribution in [0, 0.1) is 0 Å². The normalized spacial score (nSPS) is 13.3. The topological polar surface area (TPSA) is 95.1 Å². The van der Waals surface area contributed by atoms with Crippen LogP contribution in [-0.2, 0) is 16.1 Å². The van der Waals surface area contributed by atoms with Gasteiger partial charge in [-0.1, -0.05) is 30.3 Å². The number of ether oxygens (including phenoxy) is 1. The molecule has 0 spiro atoms. The Morgan fingerprint density at radius 1 is 1.00 bits per heavy atom. The lowest BCUT2D eigenvalue weighted by Crippen LogP contribution is -2.52. The molecular formula is C26H29N5O4S. The van der Waals surface area contributed by atoms with Crippen molar-refractivity contribution in [3.8, 4) is 5.75 Å². The summed E-state index contributed by atoms with van der Waals surface area (Å²) in [5.74, 6) is 0.299. The third-order valence-corrected chi connectivity index (χ3v) is 6.73. The van der Waals surface area contributed by atoms with E-state index in [0.717, 1.165) is 17.0 Å². The zero-order valence-corrected chi connectivity index (χ0v) is 21.2. The summed E-state index contributed by atoms with van der Waals surface area (Å²) in [5.41, 5.74) is 2.03. The fraction of sp³-hybridized carbons (Fsp3) is 0.308. The minimum absolute atomic E-state index is 0.00515. The Kier molecular flexibility index (Phi) is 8.17. The van der Waals surface area contributed by atoms with Crippen molar-refractivity contribution in [2.24, 2.45) is 0 Å². The first-order valence-corrected chi connectivity index (χ1v) is 12.5. The lowest BCUT2D eigenvalue weighted by atomic mass is 10.2. The molecule has 0 unspecified atom stereocenters. The summed E-state index contributed by atoms with van der Waals surface area (Å²) in [7, 11) is 1.61. The third-order valence-electron chi connectivity index (χ3n) is 5.97. The van der Waals surface area contributed by atoms with E-state index in [2.05, 4.69) is 10.3 Å². The number of aromatic nitrogens is 1. The van der Waals surface area contributed by atoms with Crippen LogP contribution in [0.3, 0.4) is 0 Å². The van der Waals surface area contributed by atoms with E-state index in [0.29, 0.717) is 31.3 Å². The number of amides is 3. The largest absolute Gasteiger partial charge is 0.497 e. The Bertz CT molecular complexity index is 1190. The molecule has 0 aliphatic carbocycles. The molecule has 2 aromatic carbocycles. The Balaban J connectivity index is 1.46. The zero-order chi connectivity index (χ0) is 25.5. The molecule has 3 aromatic rings. The van der Waals surface area contributed by atoms with Crippen LogP contribution in [0.2, 0.25) is 0 Å². The molecule has 1 aromatic heterocycles. The van der Waals surface area contributed by atoms with Crippen LogP contribution in [0.25, 0.3) is 0 Å². The van der Waals surface area contributed by atoms with Crippen molar-refractivity contribution in [2.45, 2.75) is 13.5 Å². The van der Waals surface area contributed by atoms with Gasteiger partial charge in [0.2, 0.25) is 11.8 Å². The monoisotopic (exact) mass is 507 g/mol. The first-order chi connectivity index (χ1) is 17.4. The lowest BCUT2D eigenvalue weighted by Gasteiger charge is -2.35. The predicted octanol–water partition coefficient (Wildman–Crippen LogP) is 3.23. The number of anilines is 2. The molecule has 2 heterocycles. The van der Waals surface area contributed by atoms with Crippen LogP contribution < -0.4 is 10.1 Å². The fourth-order valence-electron chi connectivity index (χ4n) is 3.93. The maximum absolute atomic E-state index is 13.5. The van der Waals surface area contributed by atoms with E-state index >= 15 is 0 Å². The number of carbonyl (C=O) groups excluding carboxylic acids is 3. The Labute approximate surface area is 214 Å². The summed E-state index contributed by atoms with van der Waals surface area (Å²) in [6.45, 7) is 3.67. The molecule has 0 radical (unpaired) electrons. The Morgan fingerprint density at radius 3 is 2.31 bits per heavy atom. The smallest absolute Gasteiger partial charge is 0.274 e. The maximum Gasteiger partial charge on any atom is 0.274 e. The quantitative estimate of drug-likeness (QED) is 0.503. The van der Waals surface area contributed by atoms with Gasteiger partial charge in [-0.25, -0.2) is 4.98 Å². The van der Waals surface area contributed by atoms with Crippen LogP contribution in [0.15, 0.2) is 60.0 Å². The van der Waals surface area contributed by atoms with E-state index in [4.69, 9.17) is 4.74 Å². The van der Waals surface area contributed by atoms with Crippen LogP contribution in [0.4, 0.5) is 10.8 Å². The molecule has 10 heteroatoms. The SMILES string of the molecule is COc1ccc(Nc2nc(C(=O)N(CC(=O)N3CCN(C(C)=O)CC3)Cc3ccccc3)cs2)cc1. The van der Waals surface area contributed by atoms with E-state index in [1.807, 2.05) is 54.6 Å². The van der Waals surface area contributed by atoms with Crippen LogP contribution in [0.1, 0.15) is 23.0 Å². The number of carbonyl (C=O) groups is 3. The number of piperazine rings is 1. The fourth-order valence-corrected chi connectivity index (χ4v) is 4.63. The van der Waals surface area contributed by atoms with Crippen molar-refractivity contribution < 1.29 is 19.1 Å². The molecule has 36 heavy (non-hydrogen) atoms. The van der Waals surface area contributed by atoms with Crippen molar-refractivity contribution in [2.75, 3.05) is 45.2 Å². The number of rotatable bonds is 8. The number of hydrogen-bond donors (Lipinski definition) is 1. The predicted molar refractivity (Wildman–Crippen MR) is 138 cm³/mol. The number of nitrogens with zero attached hydrogens (tertiary/aromatic N) is 4. The first-order valence-electron chi connectivity index (χ1n) is 11.7. The minimum Gasteiger partial charge on any atom is -0.497 e. The van der Waals surface area contributed by atoms with Gasteiger partial charge in [0.15, 0.2) is 5.13 Å². The minimum atomic E-state index is -0.311. The third kappa shape index (κ3) is 6.39. The molecule has 1 saturated heterocycles. The van der Waals surface area contributed by atoms with Crippen molar-refractivity contribution in [3.63, 3.8) is 0 Å². The average Bonchev–Trinajstić information content (AvgIpc) is 3.37. The van der Waals surface area contributed by atoms with Gasteiger partial charge in [0.1, 0.15) is 18.0 Å². The number of methoxy groups -OCH3 is 1. The highest BCUT2D eigenvalue weighted by atomic mass is 32.1.